The summed E-state index contributed by atoms with van der Waals surface area (Å²) in [6.45, 7) is 4.19. The zero-order chi connectivity index (χ0) is 17.2. The number of nitrogens with zero attached hydrogens (tertiary/aromatic N) is 1. The molecule has 1 N–H and O–H groups in total. The third kappa shape index (κ3) is 3.09. The highest BCUT2D eigenvalue weighted by Gasteiger charge is 2.35. The van der Waals surface area contributed by atoms with Crippen LogP contribution in [0.15, 0.2) is 48.5 Å². The van der Waals surface area contributed by atoms with Gasteiger partial charge in [0.05, 0.1) is 0 Å². The molecule has 0 unspecified atom stereocenters. The van der Waals surface area contributed by atoms with E-state index in [4.69, 9.17) is 0 Å². The van der Waals surface area contributed by atoms with Crippen molar-refractivity contribution < 1.29 is 4.79 Å². The number of rotatable bonds is 3. The number of nitrogens with one attached hydrogen (secondary N) is 1. The predicted octanol–water partition coefficient (Wildman–Crippen LogP) is 3.37. The van der Waals surface area contributed by atoms with Crippen molar-refractivity contribution >= 4 is 5.91 Å². The first-order valence-corrected chi connectivity index (χ1v) is 8.63. The number of hydrogen-bond acceptors (Lipinski definition) is 2. The Morgan fingerprint density at radius 2 is 1.67 bits per heavy atom. The van der Waals surface area contributed by atoms with E-state index in [0.29, 0.717) is 0 Å². The predicted molar refractivity (Wildman–Crippen MR) is 98.5 cm³/mol. The van der Waals surface area contributed by atoms with Gasteiger partial charge in [-0.25, -0.2) is 0 Å². The second kappa shape index (κ2) is 6.78. The summed E-state index contributed by atoms with van der Waals surface area (Å²) in [4.78, 5) is 13.8. The molecule has 3 heteroatoms. The number of amides is 1. The minimum atomic E-state index is 0.0387. The van der Waals surface area contributed by atoms with Crippen LogP contribution in [0.4, 0.5) is 0 Å². The van der Waals surface area contributed by atoms with Gasteiger partial charge in [-0.2, -0.15) is 0 Å². The fraction of sp³-hybridized carbons (Fsp3) is 0.381. The summed E-state index contributed by atoms with van der Waals surface area (Å²) in [5, 5.41) is 3.48. The maximum absolute atomic E-state index is 12.1. The normalized spacial score (nSPS) is 16.6. The summed E-state index contributed by atoms with van der Waals surface area (Å²) in [5.41, 5.74) is 4.78. The summed E-state index contributed by atoms with van der Waals surface area (Å²) in [7, 11) is 3.58. The van der Waals surface area contributed by atoms with Crippen molar-refractivity contribution in [2.75, 3.05) is 27.2 Å². The highest BCUT2D eigenvalue weighted by Crippen LogP contribution is 2.40. The summed E-state index contributed by atoms with van der Waals surface area (Å²) in [6, 6.07) is 17.1. The molecule has 24 heavy (non-hydrogen) atoms. The molecular weight excluding hydrogens is 296 g/mol. The minimum Gasteiger partial charge on any atom is -0.345 e. The molecule has 0 atom stereocenters. The van der Waals surface area contributed by atoms with Crippen LogP contribution in [0.25, 0.3) is 0 Å². The van der Waals surface area contributed by atoms with Gasteiger partial charge in [0.1, 0.15) is 0 Å². The number of carbonyl (C=O) groups excluding carboxylic acids is 1. The molecule has 0 saturated carbocycles. The van der Waals surface area contributed by atoms with E-state index < -0.39 is 0 Å². The summed E-state index contributed by atoms with van der Waals surface area (Å²) < 4.78 is 0. The zero-order valence-corrected chi connectivity index (χ0v) is 14.8. The standard InChI is InChI=1S/C21H26N2O/c1-16-5-4-6-19(15-16)21(11-13-22-14-12-21)18-9-7-17(8-10-18)20(24)23(2)3/h4-10,15,22H,11-14H2,1-3H3. The fourth-order valence-electron chi connectivity index (χ4n) is 3.73. The number of aryl methyl sites for hydroxylation is 1. The van der Waals surface area contributed by atoms with Gasteiger partial charge in [0.25, 0.3) is 5.91 Å². The first-order valence-electron chi connectivity index (χ1n) is 8.63. The van der Waals surface area contributed by atoms with Crippen molar-refractivity contribution in [1.29, 1.82) is 0 Å². The van der Waals surface area contributed by atoms with Gasteiger partial charge in [-0.05, 0) is 56.1 Å². The van der Waals surface area contributed by atoms with Gasteiger partial charge in [0.2, 0.25) is 0 Å². The van der Waals surface area contributed by atoms with E-state index in [1.54, 1.807) is 19.0 Å². The van der Waals surface area contributed by atoms with E-state index >= 15 is 0 Å². The Hall–Kier alpha value is -2.13. The van der Waals surface area contributed by atoms with Crippen molar-refractivity contribution in [3.05, 3.63) is 70.8 Å². The van der Waals surface area contributed by atoms with Crippen LogP contribution in [-0.2, 0) is 5.41 Å². The van der Waals surface area contributed by atoms with Crippen molar-refractivity contribution in [2.45, 2.75) is 25.2 Å². The maximum atomic E-state index is 12.1. The van der Waals surface area contributed by atoms with Gasteiger partial charge in [0.15, 0.2) is 0 Å². The Kier molecular flexibility index (Phi) is 4.72. The Labute approximate surface area is 144 Å². The number of carbonyl (C=O) groups is 1. The number of benzene rings is 2. The smallest absolute Gasteiger partial charge is 0.253 e. The Morgan fingerprint density at radius 3 is 2.25 bits per heavy atom. The molecule has 0 radical (unpaired) electrons. The Balaban J connectivity index is 2.02. The number of hydrogen-bond donors (Lipinski definition) is 1. The largest absolute Gasteiger partial charge is 0.345 e. The lowest BCUT2D eigenvalue weighted by Crippen LogP contribution is -2.40. The maximum Gasteiger partial charge on any atom is 0.253 e. The van der Waals surface area contributed by atoms with Gasteiger partial charge >= 0.3 is 0 Å². The lowest BCUT2D eigenvalue weighted by Gasteiger charge is -2.39. The number of piperidine rings is 1. The van der Waals surface area contributed by atoms with Crippen LogP contribution in [0.3, 0.4) is 0 Å². The molecule has 1 heterocycles. The summed E-state index contributed by atoms with van der Waals surface area (Å²) in [6.07, 6.45) is 2.16. The Bertz CT molecular complexity index is 713. The van der Waals surface area contributed by atoms with Crippen LogP contribution in [0, 0.1) is 6.92 Å². The molecular formula is C21H26N2O. The van der Waals surface area contributed by atoms with E-state index in [-0.39, 0.29) is 11.3 Å². The highest BCUT2D eigenvalue weighted by atomic mass is 16.2. The first-order chi connectivity index (χ1) is 11.5. The van der Waals surface area contributed by atoms with Crippen molar-refractivity contribution in [3.8, 4) is 0 Å². The van der Waals surface area contributed by atoms with Gasteiger partial charge < -0.3 is 10.2 Å². The van der Waals surface area contributed by atoms with Crippen LogP contribution in [0.5, 0.6) is 0 Å². The molecule has 2 aromatic carbocycles. The van der Waals surface area contributed by atoms with Crippen LogP contribution < -0.4 is 5.32 Å². The quantitative estimate of drug-likeness (QED) is 0.940. The average molecular weight is 322 g/mol. The zero-order valence-electron chi connectivity index (χ0n) is 14.8. The second-order valence-corrected chi connectivity index (χ2v) is 6.98. The topological polar surface area (TPSA) is 32.3 Å². The van der Waals surface area contributed by atoms with Crippen LogP contribution in [0.1, 0.15) is 39.9 Å². The molecule has 0 spiro atoms. The highest BCUT2D eigenvalue weighted by molar-refractivity contribution is 5.93. The second-order valence-electron chi connectivity index (χ2n) is 6.98. The van der Waals surface area contributed by atoms with E-state index in [9.17, 15) is 4.79 Å². The van der Waals surface area contributed by atoms with Crippen molar-refractivity contribution in [2.24, 2.45) is 0 Å². The molecule has 2 aromatic rings. The molecule has 1 aliphatic rings. The lowest BCUT2D eigenvalue weighted by molar-refractivity contribution is 0.0827. The molecule has 1 saturated heterocycles. The summed E-state index contributed by atoms with van der Waals surface area (Å²) >= 11 is 0. The van der Waals surface area contributed by atoms with E-state index in [2.05, 4.69) is 48.6 Å². The minimum absolute atomic E-state index is 0.0387. The van der Waals surface area contributed by atoms with Crippen molar-refractivity contribution in [1.82, 2.24) is 10.2 Å². The van der Waals surface area contributed by atoms with Gasteiger partial charge in [-0.3, -0.25) is 4.79 Å². The average Bonchev–Trinajstić information content (AvgIpc) is 2.62. The van der Waals surface area contributed by atoms with Crippen LogP contribution in [-0.4, -0.2) is 38.0 Å². The van der Waals surface area contributed by atoms with E-state index in [0.717, 1.165) is 31.5 Å². The van der Waals surface area contributed by atoms with E-state index in [1.165, 1.54) is 16.7 Å². The monoisotopic (exact) mass is 322 g/mol. The molecule has 1 amide bonds. The van der Waals surface area contributed by atoms with Gasteiger partial charge in [0, 0.05) is 25.1 Å². The molecule has 0 bridgehead atoms. The molecule has 1 fully saturated rings. The lowest BCUT2D eigenvalue weighted by atomic mass is 9.68. The fourth-order valence-corrected chi connectivity index (χ4v) is 3.73. The first kappa shape index (κ1) is 16.7. The molecule has 0 aliphatic carbocycles. The van der Waals surface area contributed by atoms with E-state index in [1.807, 2.05) is 12.1 Å². The molecule has 0 aromatic heterocycles. The molecule has 3 rings (SSSR count). The SMILES string of the molecule is Cc1cccc(C2(c3ccc(C(=O)N(C)C)cc3)CCNCC2)c1. The van der Waals surface area contributed by atoms with Gasteiger partial charge in [-0.1, -0.05) is 42.0 Å². The molecule has 3 nitrogen and oxygen atoms in total. The Morgan fingerprint density at radius 1 is 1.00 bits per heavy atom. The summed E-state index contributed by atoms with van der Waals surface area (Å²) in [5.74, 6) is 0.0523. The van der Waals surface area contributed by atoms with Gasteiger partial charge in [-0.15, -0.1) is 0 Å². The van der Waals surface area contributed by atoms with Crippen molar-refractivity contribution in [3.63, 3.8) is 0 Å². The third-order valence-corrected chi connectivity index (χ3v) is 5.12. The van der Waals surface area contributed by atoms with Crippen LogP contribution >= 0.6 is 0 Å². The molecule has 1 aliphatic heterocycles. The van der Waals surface area contributed by atoms with Crippen LogP contribution in [0.2, 0.25) is 0 Å². The third-order valence-electron chi connectivity index (χ3n) is 5.12. The molecule has 126 valence electrons.